The number of benzene rings is 3. The molecule has 1 aliphatic carbocycles. The summed E-state index contributed by atoms with van der Waals surface area (Å²) in [4.78, 5) is 28.8. The van der Waals surface area contributed by atoms with Crippen molar-refractivity contribution >= 4 is 33.4 Å². The van der Waals surface area contributed by atoms with Gasteiger partial charge in [-0.1, -0.05) is 12.1 Å². The van der Waals surface area contributed by atoms with E-state index >= 15 is 8.78 Å². The summed E-state index contributed by atoms with van der Waals surface area (Å²) in [5.74, 6) is -2.26. The fraction of sp³-hybridized carbons (Fsp3) is 0.486. The van der Waals surface area contributed by atoms with Crippen molar-refractivity contribution < 1.29 is 27.8 Å². The topological polar surface area (TPSA) is 94.1 Å². The predicted octanol–water partition coefficient (Wildman–Crippen LogP) is 5.23. The number of phenolic OH excluding ortho intramolecular Hbond substituents is 1. The molecular weight excluding hydrogens is 633 g/mol. The molecule has 9 nitrogen and oxygen atoms in total. The Morgan fingerprint density at radius 3 is 2.47 bits per heavy atom. The maximum absolute atomic E-state index is 16.8. The molecule has 49 heavy (non-hydrogen) atoms. The van der Waals surface area contributed by atoms with Crippen molar-refractivity contribution in [3.63, 3.8) is 0 Å². The molecule has 4 aromatic rings. The maximum Gasteiger partial charge on any atom is 0.319 e. The van der Waals surface area contributed by atoms with Crippen LogP contribution in [0.15, 0.2) is 36.4 Å². The van der Waals surface area contributed by atoms with Gasteiger partial charge in [-0.05, 0) is 80.3 Å². The average Bonchev–Trinajstić information content (AvgIpc) is 3.47. The molecule has 4 saturated heterocycles. The van der Waals surface area contributed by atoms with Crippen molar-refractivity contribution in [2.75, 3.05) is 57.8 Å². The Morgan fingerprint density at radius 1 is 0.959 bits per heavy atom. The highest BCUT2D eigenvalue weighted by molar-refractivity contribution is 6.01. The molecule has 5 aliphatic rings. The first kappa shape index (κ1) is 30.9. The number of fused-ring (bicyclic) bond motifs is 4. The number of hydrogen-bond donors (Lipinski definition) is 2. The van der Waals surface area contributed by atoms with Gasteiger partial charge in [0, 0.05) is 73.6 Å². The number of amides is 1. The number of ether oxygens (including phenoxy) is 1. The predicted molar refractivity (Wildman–Crippen MR) is 179 cm³/mol. The second kappa shape index (κ2) is 11.2. The van der Waals surface area contributed by atoms with Crippen LogP contribution in [0.4, 0.5) is 19.0 Å². The van der Waals surface area contributed by atoms with Crippen molar-refractivity contribution in [2.24, 2.45) is 10.8 Å². The molecule has 256 valence electrons. The molecule has 1 aromatic heterocycles. The van der Waals surface area contributed by atoms with Crippen LogP contribution in [0.1, 0.15) is 38.5 Å². The molecule has 1 amide bonds. The number of nitrogens with zero attached hydrogens (tertiary/aromatic N) is 5. The first-order valence-corrected chi connectivity index (χ1v) is 17.3. The third-order valence-corrected chi connectivity index (χ3v) is 11.7. The van der Waals surface area contributed by atoms with Crippen molar-refractivity contribution in [3.05, 3.63) is 53.8 Å². The number of likely N-dealkylation sites (tertiary alicyclic amines) is 2. The van der Waals surface area contributed by atoms with Crippen LogP contribution in [-0.2, 0) is 4.79 Å². The normalized spacial score (nSPS) is 26.2. The zero-order chi connectivity index (χ0) is 33.7. The third-order valence-electron chi connectivity index (χ3n) is 11.7. The Balaban J connectivity index is 1.06. The summed E-state index contributed by atoms with van der Waals surface area (Å²) in [6.45, 7) is 5.06. The van der Waals surface area contributed by atoms with E-state index in [9.17, 15) is 14.3 Å². The number of carbonyl (C=O) groups is 1. The van der Waals surface area contributed by atoms with Crippen LogP contribution >= 0.6 is 0 Å². The summed E-state index contributed by atoms with van der Waals surface area (Å²) < 4.78 is 52.7. The fourth-order valence-corrected chi connectivity index (χ4v) is 8.89. The highest BCUT2D eigenvalue weighted by atomic mass is 19.2. The van der Waals surface area contributed by atoms with E-state index in [1.807, 2.05) is 11.9 Å². The number of hydrogen-bond acceptors (Lipinski definition) is 8. The van der Waals surface area contributed by atoms with Crippen LogP contribution in [0.2, 0.25) is 0 Å². The largest absolute Gasteiger partial charge is 0.508 e. The first-order chi connectivity index (χ1) is 23.6. The van der Waals surface area contributed by atoms with Gasteiger partial charge in [-0.2, -0.15) is 9.97 Å². The average molecular weight is 673 g/mol. The molecule has 3 atom stereocenters. The minimum absolute atomic E-state index is 0.0115. The molecular formula is C37H39F3N6O3. The van der Waals surface area contributed by atoms with E-state index in [4.69, 9.17) is 9.72 Å². The van der Waals surface area contributed by atoms with Crippen LogP contribution in [0.5, 0.6) is 11.8 Å². The van der Waals surface area contributed by atoms with Crippen LogP contribution < -0.4 is 15.0 Å². The standard InChI is InChI=1S/C37H39F3N6O3/c1-44-12-10-37(34(44)48)11-13-45(19-37)18-36(8-9-36)20-49-35-42-32-26(33(43-35)46-16-22-3-4-23(17-46)41-22)6-5-25(30(32)39)27-15-24(47)14-21-2-7-28(38)31(40)29(21)27/h2,5-7,14-15,22-23,41,47H,3-4,8-13,16-20H2,1H3. The minimum atomic E-state index is -1.11. The number of halogens is 3. The van der Waals surface area contributed by atoms with Crippen LogP contribution in [0, 0.1) is 28.3 Å². The van der Waals surface area contributed by atoms with Gasteiger partial charge >= 0.3 is 6.01 Å². The fourth-order valence-electron chi connectivity index (χ4n) is 8.89. The lowest BCUT2D eigenvalue weighted by Gasteiger charge is -2.34. The third kappa shape index (κ3) is 5.17. The first-order valence-electron chi connectivity index (χ1n) is 17.3. The summed E-state index contributed by atoms with van der Waals surface area (Å²) in [7, 11) is 1.88. The zero-order valence-corrected chi connectivity index (χ0v) is 27.4. The van der Waals surface area contributed by atoms with Gasteiger partial charge in [0.2, 0.25) is 5.91 Å². The van der Waals surface area contributed by atoms with Crippen molar-refractivity contribution in [1.29, 1.82) is 0 Å². The van der Waals surface area contributed by atoms with Crippen LogP contribution in [0.3, 0.4) is 0 Å². The Morgan fingerprint density at radius 2 is 1.73 bits per heavy atom. The SMILES string of the molecule is CN1CCC2(CCN(CC3(COc4nc(N5CC6CCC(C5)N6)c5ccc(-c6cc(O)cc7ccc(F)c(F)c67)c(F)c5n4)CC3)C2)C1=O. The Bertz CT molecular complexity index is 2010. The summed E-state index contributed by atoms with van der Waals surface area (Å²) >= 11 is 0. The summed E-state index contributed by atoms with van der Waals surface area (Å²) in [6.07, 6.45) is 5.86. The van der Waals surface area contributed by atoms with E-state index in [2.05, 4.69) is 20.1 Å². The lowest BCUT2D eigenvalue weighted by atomic mass is 9.85. The quantitative estimate of drug-likeness (QED) is 0.276. The highest BCUT2D eigenvalue weighted by Gasteiger charge is 2.53. The highest BCUT2D eigenvalue weighted by Crippen LogP contribution is 2.49. The molecule has 3 unspecified atom stereocenters. The lowest BCUT2D eigenvalue weighted by Crippen LogP contribution is -2.51. The lowest BCUT2D eigenvalue weighted by molar-refractivity contribution is -0.134. The summed E-state index contributed by atoms with van der Waals surface area (Å²) in [5, 5.41) is 14.7. The van der Waals surface area contributed by atoms with Crippen molar-refractivity contribution in [1.82, 2.24) is 25.1 Å². The number of phenols is 1. The van der Waals surface area contributed by atoms with Crippen LogP contribution in [-0.4, -0.2) is 95.8 Å². The minimum Gasteiger partial charge on any atom is -0.508 e. The van der Waals surface area contributed by atoms with Gasteiger partial charge in [0.1, 0.15) is 17.1 Å². The van der Waals surface area contributed by atoms with Gasteiger partial charge in [-0.3, -0.25) is 4.79 Å². The maximum atomic E-state index is 16.8. The van der Waals surface area contributed by atoms with Crippen molar-refractivity contribution in [3.8, 4) is 22.9 Å². The molecule has 0 radical (unpaired) electrons. The molecule has 5 fully saturated rings. The number of nitrogens with one attached hydrogen (secondary N) is 1. The molecule has 2 N–H and O–H groups in total. The number of piperazine rings is 1. The van der Waals surface area contributed by atoms with E-state index in [0.717, 1.165) is 70.8 Å². The van der Waals surface area contributed by atoms with Crippen molar-refractivity contribution in [2.45, 2.75) is 50.6 Å². The molecule has 5 heterocycles. The molecule has 9 rings (SSSR count). The molecule has 3 aromatic carbocycles. The Hall–Kier alpha value is -4.16. The second-order valence-electron chi connectivity index (χ2n) is 15.2. The Labute approximate surface area is 282 Å². The van der Waals surface area contributed by atoms with E-state index in [1.54, 1.807) is 6.07 Å². The van der Waals surface area contributed by atoms with E-state index < -0.39 is 17.5 Å². The molecule has 1 spiro atoms. The van der Waals surface area contributed by atoms with E-state index in [-0.39, 0.29) is 55.9 Å². The summed E-state index contributed by atoms with van der Waals surface area (Å²) in [6, 6.07) is 8.84. The van der Waals surface area contributed by atoms with Gasteiger partial charge in [0.05, 0.1) is 12.0 Å². The van der Waals surface area contributed by atoms with Gasteiger partial charge in [0.25, 0.3) is 0 Å². The van der Waals surface area contributed by atoms with Gasteiger partial charge in [-0.25, -0.2) is 13.2 Å². The van der Waals surface area contributed by atoms with E-state index in [1.165, 1.54) is 24.3 Å². The number of rotatable bonds is 7. The van der Waals surface area contributed by atoms with Gasteiger partial charge < -0.3 is 29.9 Å². The molecule has 1 saturated carbocycles. The van der Waals surface area contributed by atoms with Gasteiger partial charge in [0.15, 0.2) is 17.5 Å². The zero-order valence-electron chi connectivity index (χ0n) is 27.4. The number of aromatic hydroxyl groups is 1. The molecule has 2 bridgehead atoms. The smallest absolute Gasteiger partial charge is 0.319 e. The van der Waals surface area contributed by atoms with Gasteiger partial charge in [-0.15, -0.1) is 0 Å². The van der Waals surface area contributed by atoms with E-state index in [0.29, 0.717) is 43.0 Å². The second-order valence-corrected chi connectivity index (χ2v) is 15.2. The Kier molecular flexibility index (Phi) is 7.04. The summed E-state index contributed by atoms with van der Waals surface area (Å²) in [5.41, 5.74) is -0.319. The number of aromatic nitrogens is 2. The molecule has 12 heteroatoms. The van der Waals surface area contributed by atoms with Crippen LogP contribution in [0.25, 0.3) is 32.8 Å². The number of carbonyl (C=O) groups excluding carboxylic acids is 1. The number of anilines is 1. The monoisotopic (exact) mass is 672 g/mol. The molecule has 4 aliphatic heterocycles.